The van der Waals surface area contributed by atoms with Crippen LogP contribution in [0.15, 0.2) is 12.1 Å². The van der Waals surface area contributed by atoms with E-state index in [0.29, 0.717) is 6.07 Å². The molecule has 0 bridgehead atoms. The van der Waals surface area contributed by atoms with E-state index in [-0.39, 0.29) is 5.02 Å². The molecule has 0 aliphatic rings. The number of nitrogens with one attached hydrogen (secondary N) is 2. The highest BCUT2D eigenvalue weighted by atomic mass is 35.5. The van der Waals surface area contributed by atoms with Crippen LogP contribution in [0.1, 0.15) is 0 Å². The van der Waals surface area contributed by atoms with Gasteiger partial charge in [0.25, 0.3) is 0 Å². The molecule has 1 rings (SSSR count). The lowest BCUT2D eigenvalue weighted by Gasteiger charge is -2.08. The Kier molecular flexibility index (Phi) is 4.65. The van der Waals surface area contributed by atoms with Gasteiger partial charge >= 0.3 is 6.03 Å². The largest absolute Gasteiger partial charge is 0.326 e. The van der Waals surface area contributed by atoms with Gasteiger partial charge in [-0.15, -0.1) is 11.6 Å². The second-order valence-corrected chi connectivity index (χ2v) is 3.55. The van der Waals surface area contributed by atoms with E-state index in [4.69, 9.17) is 23.2 Å². The van der Waals surface area contributed by atoms with Crippen LogP contribution in [-0.4, -0.2) is 17.8 Å². The molecule has 17 heavy (non-hydrogen) atoms. The van der Waals surface area contributed by atoms with E-state index in [0.717, 1.165) is 6.07 Å². The molecule has 2 N–H and O–H groups in total. The molecule has 0 saturated heterocycles. The van der Waals surface area contributed by atoms with E-state index in [1.54, 1.807) is 0 Å². The van der Waals surface area contributed by atoms with Crippen molar-refractivity contribution in [3.05, 3.63) is 28.8 Å². The quantitative estimate of drug-likeness (QED) is 0.819. The maximum atomic E-state index is 13.2. The molecule has 3 amide bonds. The van der Waals surface area contributed by atoms with Crippen molar-refractivity contribution in [2.75, 3.05) is 11.2 Å². The summed E-state index contributed by atoms with van der Waals surface area (Å²) in [6.07, 6.45) is 0. The van der Waals surface area contributed by atoms with Crippen LogP contribution in [0, 0.1) is 11.6 Å². The third-order valence-electron chi connectivity index (χ3n) is 1.62. The summed E-state index contributed by atoms with van der Waals surface area (Å²) in [4.78, 5) is 21.9. The van der Waals surface area contributed by atoms with Crippen molar-refractivity contribution in [2.24, 2.45) is 0 Å². The number of carbonyl (C=O) groups excluding carboxylic acids is 2. The summed E-state index contributed by atoms with van der Waals surface area (Å²) in [5.41, 5.74) is -0.423. The van der Waals surface area contributed by atoms with E-state index < -0.39 is 35.1 Å². The number of urea groups is 1. The number of hydrogen-bond acceptors (Lipinski definition) is 2. The van der Waals surface area contributed by atoms with Crippen LogP contribution < -0.4 is 10.6 Å². The molecular weight excluding hydrogens is 277 g/mol. The van der Waals surface area contributed by atoms with Crippen molar-refractivity contribution in [1.29, 1.82) is 0 Å². The van der Waals surface area contributed by atoms with E-state index in [1.165, 1.54) is 0 Å². The van der Waals surface area contributed by atoms with Gasteiger partial charge in [0.2, 0.25) is 5.91 Å². The fourth-order valence-electron chi connectivity index (χ4n) is 0.966. The number of carbonyl (C=O) groups is 2. The summed E-state index contributed by atoms with van der Waals surface area (Å²) in [7, 11) is 0. The highest BCUT2D eigenvalue weighted by Crippen LogP contribution is 2.26. The minimum atomic E-state index is -1.05. The van der Waals surface area contributed by atoms with Gasteiger partial charge in [0.05, 0.1) is 10.7 Å². The second-order valence-electron chi connectivity index (χ2n) is 2.88. The van der Waals surface area contributed by atoms with Crippen molar-refractivity contribution in [3.63, 3.8) is 0 Å². The molecule has 0 fully saturated rings. The topological polar surface area (TPSA) is 58.2 Å². The average Bonchev–Trinajstić information content (AvgIpc) is 2.23. The molecule has 0 spiro atoms. The Labute approximate surface area is 105 Å². The van der Waals surface area contributed by atoms with Gasteiger partial charge < -0.3 is 5.32 Å². The number of hydrogen-bond donors (Lipinski definition) is 2. The first-order chi connectivity index (χ1) is 7.93. The summed E-state index contributed by atoms with van der Waals surface area (Å²) in [6, 6.07) is 0.358. The van der Waals surface area contributed by atoms with E-state index in [2.05, 4.69) is 0 Å². The molecule has 0 aromatic heterocycles. The first-order valence-electron chi connectivity index (χ1n) is 4.25. The normalized spacial score (nSPS) is 9.88. The van der Waals surface area contributed by atoms with E-state index in [1.807, 2.05) is 10.6 Å². The van der Waals surface area contributed by atoms with Crippen LogP contribution in [0.5, 0.6) is 0 Å². The van der Waals surface area contributed by atoms with Crippen molar-refractivity contribution >= 4 is 40.8 Å². The van der Waals surface area contributed by atoms with Crippen molar-refractivity contribution in [1.82, 2.24) is 5.32 Å². The Morgan fingerprint density at radius 2 is 1.94 bits per heavy atom. The molecule has 8 heteroatoms. The van der Waals surface area contributed by atoms with Crippen LogP contribution in [0.3, 0.4) is 0 Å². The zero-order valence-corrected chi connectivity index (χ0v) is 9.70. The minimum Gasteiger partial charge on any atom is -0.304 e. The zero-order chi connectivity index (χ0) is 13.0. The van der Waals surface area contributed by atoms with Gasteiger partial charge in [0, 0.05) is 6.07 Å². The predicted octanol–water partition coefficient (Wildman–Crippen LogP) is 2.51. The molecule has 0 radical (unpaired) electrons. The average molecular weight is 283 g/mol. The monoisotopic (exact) mass is 282 g/mol. The molecule has 1 aromatic rings. The van der Waals surface area contributed by atoms with Gasteiger partial charge in [-0.25, -0.2) is 13.6 Å². The summed E-state index contributed by atoms with van der Waals surface area (Å²) in [5.74, 6) is -3.12. The summed E-state index contributed by atoms with van der Waals surface area (Å²) >= 11 is 10.7. The third kappa shape index (κ3) is 3.83. The standard InChI is InChI=1S/C9H6Cl2F2N2O2/c10-3-7(16)14-9(17)15-8-5(11)1-4(12)2-6(8)13/h1-2H,3H2,(H2,14,15,16,17). The Bertz CT molecular complexity index is 445. The Morgan fingerprint density at radius 3 is 2.47 bits per heavy atom. The molecule has 0 unspecified atom stereocenters. The van der Waals surface area contributed by atoms with Crippen LogP contribution in [0.2, 0.25) is 5.02 Å². The number of imide groups is 1. The number of alkyl halides is 1. The SMILES string of the molecule is O=C(CCl)NC(=O)Nc1c(F)cc(F)cc1Cl. The van der Waals surface area contributed by atoms with E-state index >= 15 is 0 Å². The molecule has 92 valence electrons. The summed E-state index contributed by atoms with van der Waals surface area (Å²) in [5, 5.41) is 3.45. The number of halogens is 4. The van der Waals surface area contributed by atoms with Gasteiger partial charge in [0.15, 0.2) is 5.82 Å². The Balaban J connectivity index is 2.82. The van der Waals surface area contributed by atoms with Gasteiger partial charge in [-0.2, -0.15) is 0 Å². The highest BCUT2D eigenvalue weighted by molar-refractivity contribution is 6.34. The lowest BCUT2D eigenvalue weighted by Crippen LogP contribution is -2.35. The number of amides is 3. The minimum absolute atomic E-state index is 0.323. The zero-order valence-electron chi connectivity index (χ0n) is 8.19. The van der Waals surface area contributed by atoms with Gasteiger partial charge in [-0.1, -0.05) is 11.6 Å². The lowest BCUT2D eigenvalue weighted by atomic mass is 10.3. The fraction of sp³-hybridized carbons (Fsp3) is 0.111. The van der Waals surface area contributed by atoms with Crippen molar-refractivity contribution in [3.8, 4) is 0 Å². The Morgan fingerprint density at radius 1 is 1.29 bits per heavy atom. The maximum absolute atomic E-state index is 13.2. The van der Waals surface area contributed by atoms with Crippen LogP contribution >= 0.6 is 23.2 Å². The first-order valence-corrected chi connectivity index (χ1v) is 5.16. The first kappa shape index (κ1) is 13.7. The number of anilines is 1. The van der Waals surface area contributed by atoms with Gasteiger partial charge in [0.1, 0.15) is 11.7 Å². The second kappa shape index (κ2) is 5.79. The van der Waals surface area contributed by atoms with Crippen molar-refractivity contribution in [2.45, 2.75) is 0 Å². The molecule has 0 aliphatic carbocycles. The van der Waals surface area contributed by atoms with Gasteiger partial charge in [-0.05, 0) is 6.07 Å². The lowest BCUT2D eigenvalue weighted by molar-refractivity contribution is -0.117. The molecule has 0 aliphatic heterocycles. The third-order valence-corrected chi connectivity index (χ3v) is 2.16. The molecule has 0 heterocycles. The smallest absolute Gasteiger partial charge is 0.304 e. The molecule has 0 saturated carbocycles. The van der Waals surface area contributed by atoms with E-state index in [9.17, 15) is 18.4 Å². The van der Waals surface area contributed by atoms with Gasteiger partial charge in [-0.3, -0.25) is 10.1 Å². The Hall–Kier alpha value is -1.40. The number of benzene rings is 1. The predicted molar refractivity (Wildman–Crippen MR) is 59.2 cm³/mol. The van der Waals surface area contributed by atoms with Crippen molar-refractivity contribution < 1.29 is 18.4 Å². The molecule has 0 atom stereocenters. The molecule has 4 nitrogen and oxygen atoms in total. The summed E-state index contributed by atoms with van der Waals surface area (Å²) in [6.45, 7) is 0. The molecular formula is C9H6Cl2F2N2O2. The highest BCUT2D eigenvalue weighted by Gasteiger charge is 2.14. The van der Waals surface area contributed by atoms with Crippen LogP contribution in [0.25, 0.3) is 0 Å². The number of rotatable bonds is 2. The van der Waals surface area contributed by atoms with Crippen LogP contribution in [0.4, 0.5) is 19.3 Å². The summed E-state index contributed by atoms with van der Waals surface area (Å²) < 4.78 is 25.9. The van der Waals surface area contributed by atoms with Crippen LogP contribution in [-0.2, 0) is 4.79 Å². The maximum Gasteiger partial charge on any atom is 0.326 e. The fourth-order valence-corrected chi connectivity index (χ4v) is 1.27. The molecule has 1 aromatic carbocycles.